The predicted octanol–water partition coefficient (Wildman–Crippen LogP) is 4.84. The van der Waals surface area contributed by atoms with Crippen molar-refractivity contribution in [1.29, 1.82) is 0 Å². The number of rotatable bonds is 3. The third-order valence-electron chi connectivity index (χ3n) is 7.50. The zero-order chi connectivity index (χ0) is 21.6. The van der Waals surface area contributed by atoms with E-state index in [1.807, 2.05) is 17.5 Å². The minimum atomic E-state index is -4.08. The van der Waals surface area contributed by atoms with E-state index in [2.05, 4.69) is 16.0 Å². The molecule has 5 rings (SSSR count). The van der Waals surface area contributed by atoms with Crippen LogP contribution in [0.3, 0.4) is 0 Å². The minimum absolute atomic E-state index is 0.0898. The number of halogens is 3. The molecule has 8 heteroatoms. The average Bonchev–Trinajstić information content (AvgIpc) is 3.43. The molecule has 1 unspecified atom stereocenters. The number of alkyl halides is 3. The van der Waals surface area contributed by atoms with Gasteiger partial charge >= 0.3 is 6.18 Å². The van der Waals surface area contributed by atoms with Gasteiger partial charge < -0.3 is 4.74 Å². The first kappa shape index (κ1) is 21.2. The number of aromatic nitrogens is 3. The van der Waals surface area contributed by atoms with Gasteiger partial charge in [-0.3, -0.25) is 4.90 Å². The van der Waals surface area contributed by atoms with E-state index in [-0.39, 0.29) is 18.8 Å². The maximum Gasteiger partial charge on any atom is 0.391 e. The van der Waals surface area contributed by atoms with Crippen LogP contribution < -0.4 is 0 Å². The fourth-order valence-corrected chi connectivity index (χ4v) is 5.74. The van der Waals surface area contributed by atoms with Gasteiger partial charge in [0.1, 0.15) is 0 Å². The molecule has 2 saturated heterocycles. The van der Waals surface area contributed by atoms with Gasteiger partial charge in [0.15, 0.2) is 5.65 Å². The lowest BCUT2D eigenvalue weighted by Gasteiger charge is -2.36. The van der Waals surface area contributed by atoms with E-state index in [1.165, 1.54) is 5.69 Å². The molecule has 5 nitrogen and oxygen atoms in total. The Balaban J connectivity index is 1.38. The van der Waals surface area contributed by atoms with Crippen LogP contribution in [0.4, 0.5) is 13.2 Å². The molecule has 2 aromatic rings. The van der Waals surface area contributed by atoms with Gasteiger partial charge in [-0.05, 0) is 64.5 Å². The number of hydrogen-bond acceptors (Lipinski definition) is 4. The van der Waals surface area contributed by atoms with Gasteiger partial charge in [0, 0.05) is 42.8 Å². The molecular weight excluding hydrogens is 405 g/mol. The lowest BCUT2D eigenvalue weighted by Crippen LogP contribution is -2.42. The van der Waals surface area contributed by atoms with E-state index < -0.39 is 12.1 Å². The Morgan fingerprint density at radius 1 is 1.03 bits per heavy atom. The lowest BCUT2D eigenvalue weighted by molar-refractivity contribution is -0.182. The van der Waals surface area contributed by atoms with Crippen molar-refractivity contribution < 1.29 is 17.9 Å². The van der Waals surface area contributed by atoms with Crippen LogP contribution in [0, 0.1) is 12.8 Å². The highest BCUT2D eigenvalue weighted by molar-refractivity contribution is 5.43. The topological polar surface area (TPSA) is 42.7 Å². The lowest BCUT2D eigenvalue weighted by atomic mass is 9.80. The largest absolute Gasteiger partial charge is 0.391 e. The molecule has 0 bridgehead atoms. The molecule has 3 fully saturated rings. The van der Waals surface area contributed by atoms with Crippen LogP contribution in [0.15, 0.2) is 12.1 Å². The van der Waals surface area contributed by atoms with Crippen LogP contribution >= 0.6 is 0 Å². The third kappa shape index (κ3) is 4.33. The first-order chi connectivity index (χ1) is 14.9. The Hall–Kier alpha value is -1.67. The van der Waals surface area contributed by atoms with Crippen molar-refractivity contribution in [2.45, 2.75) is 75.9 Å². The zero-order valence-electron chi connectivity index (χ0n) is 18.1. The second-order valence-corrected chi connectivity index (χ2v) is 9.60. The summed E-state index contributed by atoms with van der Waals surface area (Å²) >= 11 is 0. The summed E-state index contributed by atoms with van der Waals surface area (Å²) in [5.41, 5.74) is 3.87. The third-order valence-corrected chi connectivity index (χ3v) is 7.50. The van der Waals surface area contributed by atoms with Crippen molar-refractivity contribution in [2.24, 2.45) is 5.92 Å². The summed E-state index contributed by atoms with van der Waals surface area (Å²) in [7, 11) is 0. The van der Waals surface area contributed by atoms with E-state index in [4.69, 9.17) is 9.84 Å². The van der Waals surface area contributed by atoms with E-state index >= 15 is 0 Å². The summed E-state index contributed by atoms with van der Waals surface area (Å²) in [5.74, 6) is -0.691. The Labute approximate surface area is 181 Å². The van der Waals surface area contributed by atoms with E-state index in [0.29, 0.717) is 24.8 Å². The van der Waals surface area contributed by atoms with Gasteiger partial charge in [-0.2, -0.15) is 18.3 Å². The second kappa shape index (κ2) is 8.35. The smallest absolute Gasteiger partial charge is 0.380 e. The molecule has 2 aromatic heterocycles. The summed E-state index contributed by atoms with van der Waals surface area (Å²) in [6, 6.07) is 4.66. The quantitative estimate of drug-likeness (QED) is 0.690. The normalized spacial score (nSPS) is 30.8. The highest BCUT2D eigenvalue weighted by Gasteiger charge is 2.42. The Morgan fingerprint density at radius 2 is 1.84 bits per heavy atom. The summed E-state index contributed by atoms with van der Waals surface area (Å²) in [6.07, 6.45) is 0.776. The average molecular weight is 437 g/mol. The minimum Gasteiger partial charge on any atom is -0.380 e. The van der Waals surface area contributed by atoms with Crippen molar-refractivity contribution in [3.8, 4) is 0 Å². The number of hydrogen-bond donors (Lipinski definition) is 0. The molecule has 1 aliphatic carbocycles. The van der Waals surface area contributed by atoms with E-state index in [9.17, 15) is 13.2 Å². The first-order valence-electron chi connectivity index (χ1n) is 11.6. The zero-order valence-corrected chi connectivity index (χ0v) is 18.1. The molecule has 0 aromatic carbocycles. The first-order valence-corrected chi connectivity index (χ1v) is 11.6. The van der Waals surface area contributed by atoms with Gasteiger partial charge in [-0.15, -0.1) is 0 Å². The number of nitrogens with zero attached hydrogens (tertiary/aromatic N) is 4. The predicted molar refractivity (Wildman–Crippen MR) is 111 cm³/mol. The standard InChI is InChI=1S/C23H31F3N4O/c1-15-11-21(17-3-2-9-29(13-17)19-8-10-31-14-19)30-22(27-15)12-20(28-30)16-4-6-18(7-5-16)23(24,25)26/h11-12,16-19H,2-10,13-14H2,1H3/t16?,17-,18?,19?/m1/s1. The number of fused-ring (bicyclic) bond motifs is 1. The maximum absolute atomic E-state index is 13.0. The van der Waals surface area contributed by atoms with Crippen molar-refractivity contribution in [1.82, 2.24) is 19.5 Å². The number of aryl methyl sites for hydroxylation is 1. The fourth-order valence-electron chi connectivity index (χ4n) is 5.74. The van der Waals surface area contributed by atoms with Gasteiger partial charge in [-0.25, -0.2) is 9.50 Å². The van der Waals surface area contributed by atoms with Crippen molar-refractivity contribution in [3.05, 3.63) is 29.2 Å². The fraction of sp³-hybridized carbons (Fsp3) is 0.739. The second-order valence-electron chi connectivity index (χ2n) is 9.60. The van der Waals surface area contributed by atoms with Gasteiger partial charge in [0.05, 0.1) is 23.9 Å². The molecule has 3 aliphatic rings. The molecule has 170 valence electrons. The van der Waals surface area contributed by atoms with Crippen LogP contribution in [0.5, 0.6) is 0 Å². The summed E-state index contributed by atoms with van der Waals surface area (Å²) in [6.45, 7) is 5.80. The summed E-state index contributed by atoms with van der Waals surface area (Å²) in [4.78, 5) is 7.25. The Morgan fingerprint density at radius 3 is 2.55 bits per heavy atom. The molecule has 31 heavy (non-hydrogen) atoms. The van der Waals surface area contributed by atoms with Crippen molar-refractivity contribution >= 4 is 5.65 Å². The molecule has 1 saturated carbocycles. The van der Waals surface area contributed by atoms with Crippen molar-refractivity contribution in [3.63, 3.8) is 0 Å². The van der Waals surface area contributed by atoms with Gasteiger partial charge in [0.2, 0.25) is 0 Å². The number of likely N-dealkylation sites (tertiary alicyclic amines) is 1. The van der Waals surface area contributed by atoms with Crippen LogP contribution in [0.2, 0.25) is 0 Å². The SMILES string of the molecule is Cc1cc([C@@H]2CCCN(C3CCOC3)C2)n2nc(C3CCC(C(F)(F)F)CC3)cc2n1. The molecule has 0 spiro atoms. The number of piperidine rings is 1. The summed E-state index contributed by atoms with van der Waals surface area (Å²) in [5, 5.41) is 4.89. The molecule has 0 N–H and O–H groups in total. The molecule has 4 heterocycles. The monoisotopic (exact) mass is 436 g/mol. The highest BCUT2D eigenvalue weighted by Crippen LogP contribution is 2.43. The van der Waals surface area contributed by atoms with E-state index in [1.54, 1.807) is 0 Å². The molecule has 2 atom stereocenters. The van der Waals surface area contributed by atoms with Crippen LogP contribution in [-0.2, 0) is 4.74 Å². The summed E-state index contributed by atoms with van der Waals surface area (Å²) < 4.78 is 46.7. The maximum atomic E-state index is 13.0. The van der Waals surface area contributed by atoms with E-state index in [0.717, 1.165) is 62.6 Å². The molecule has 0 amide bonds. The van der Waals surface area contributed by atoms with Crippen LogP contribution in [0.1, 0.15) is 73.9 Å². The van der Waals surface area contributed by atoms with Gasteiger partial charge in [0.25, 0.3) is 0 Å². The highest BCUT2D eigenvalue weighted by atomic mass is 19.4. The molecule has 2 aliphatic heterocycles. The van der Waals surface area contributed by atoms with Crippen LogP contribution in [0.25, 0.3) is 5.65 Å². The van der Waals surface area contributed by atoms with Gasteiger partial charge in [-0.1, -0.05) is 0 Å². The Kier molecular flexibility index (Phi) is 5.71. The van der Waals surface area contributed by atoms with Crippen LogP contribution in [-0.4, -0.2) is 58.0 Å². The number of ether oxygens (including phenoxy) is 1. The Bertz CT molecular complexity index is 913. The molecular formula is C23H31F3N4O. The van der Waals surface area contributed by atoms with Crippen molar-refractivity contribution in [2.75, 3.05) is 26.3 Å². The molecule has 0 radical (unpaired) electrons.